The quantitative estimate of drug-likeness (QED) is 0.403. The maximum Gasteiger partial charge on any atom is 0.408 e. The molecule has 1 saturated heterocycles. The van der Waals surface area contributed by atoms with Crippen LogP contribution in [0.5, 0.6) is 6.01 Å². The molecule has 0 unspecified atom stereocenters. The number of hydrogen-bond acceptors (Lipinski definition) is 9. The molecule has 1 aromatic carbocycles. The average Bonchev–Trinajstić information content (AvgIpc) is 3.93. The summed E-state index contributed by atoms with van der Waals surface area (Å²) in [6.07, 6.45) is 4.32. The standard InChI is InChI=1S/C39H57N5O8S/c1-8-25-22-39(25)23-30(45)29-21-26(24-44(29)32(46)31(36(2,3)4)41-35(48)52-37(5,6)7)51-34-40-27-15-11-12-16-28(27)43(34)20-14-10-9-13-17-38(18-19-38)53(49,50)42-33(39)47/h11-12,15-16,25-26,29,31H,8-10,13-14,17-24H2,1-7H3,(H,41,48)(H,42,47)/t25-,26-,29+,31-,39-/m1/s1. The molecule has 2 aliphatic carbocycles. The van der Waals surface area contributed by atoms with Crippen LogP contribution in [0.3, 0.4) is 0 Å². The van der Waals surface area contributed by atoms with E-state index in [9.17, 15) is 27.6 Å². The number of para-hydroxylation sites is 2. The van der Waals surface area contributed by atoms with Crippen molar-refractivity contribution in [3.63, 3.8) is 0 Å². The number of nitrogens with zero attached hydrogens (tertiary/aromatic N) is 3. The highest BCUT2D eigenvalue weighted by Gasteiger charge is 2.63. The molecule has 6 rings (SSSR count). The number of ketones is 1. The van der Waals surface area contributed by atoms with Crippen molar-refractivity contribution in [2.45, 2.75) is 154 Å². The first-order valence-electron chi connectivity index (χ1n) is 19.3. The van der Waals surface area contributed by atoms with Gasteiger partial charge >= 0.3 is 6.09 Å². The maximum atomic E-state index is 14.6. The van der Waals surface area contributed by atoms with Crippen LogP contribution in [-0.4, -0.2) is 81.6 Å². The lowest BCUT2D eigenvalue weighted by Crippen LogP contribution is -2.57. The first-order valence-corrected chi connectivity index (χ1v) is 20.8. The van der Waals surface area contributed by atoms with Gasteiger partial charge in [-0.25, -0.2) is 13.2 Å². The summed E-state index contributed by atoms with van der Waals surface area (Å²) in [6.45, 7) is 13.3. The third-order valence-corrected chi connectivity index (χ3v) is 13.8. The molecular formula is C39H57N5O8S. The van der Waals surface area contributed by atoms with Crippen LogP contribution < -0.4 is 14.8 Å². The average molecular weight is 756 g/mol. The van der Waals surface area contributed by atoms with Gasteiger partial charge in [0.2, 0.25) is 21.8 Å². The molecule has 1 aromatic heterocycles. The van der Waals surface area contributed by atoms with Gasteiger partial charge in [0, 0.05) is 19.4 Å². The van der Waals surface area contributed by atoms with Crippen molar-refractivity contribution in [2.24, 2.45) is 16.7 Å². The van der Waals surface area contributed by atoms with Gasteiger partial charge in [0.25, 0.3) is 6.01 Å². The molecule has 53 heavy (non-hydrogen) atoms. The number of carbonyl (C=O) groups is 4. The van der Waals surface area contributed by atoms with Crippen LogP contribution in [0.2, 0.25) is 0 Å². The molecular weight excluding hydrogens is 699 g/mol. The third-order valence-electron chi connectivity index (χ3n) is 11.6. The Kier molecular flexibility index (Phi) is 10.4. The summed E-state index contributed by atoms with van der Waals surface area (Å²) in [4.78, 5) is 62.4. The molecule has 2 bridgehead atoms. The van der Waals surface area contributed by atoms with Gasteiger partial charge in [0.15, 0.2) is 5.78 Å². The lowest BCUT2D eigenvalue weighted by atomic mass is 9.85. The van der Waals surface area contributed by atoms with E-state index in [4.69, 9.17) is 14.5 Å². The van der Waals surface area contributed by atoms with Crippen molar-refractivity contribution in [2.75, 3.05) is 6.54 Å². The lowest BCUT2D eigenvalue weighted by Gasteiger charge is -2.36. The highest BCUT2D eigenvalue weighted by Crippen LogP contribution is 2.58. The van der Waals surface area contributed by atoms with Crippen LogP contribution in [0.25, 0.3) is 11.0 Å². The number of alkyl carbamates (subject to hydrolysis) is 1. The highest BCUT2D eigenvalue weighted by molar-refractivity contribution is 7.91. The number of aromatic nitrogens is 2. The number of aryl methyl sites for hydroxylation is 1. The van der Waals surface area contributed by atoms with Gasteiger partial charge in [-0.3, -0.25) is 23.7 Å². The Morgan fingerprint density at radius 1 is 1.06 bits per heavy atom. The van der Waals surface area contributed by atoms with Crippen LogP contribution in [0.1, 0.15) is 119 Å². The second-order valence-electron chi connectivity index (χ2n) is 17.9. The molecule has 3 amide bonds. The Balaban J connectivity index is 1.36. The Labute approximate surface area is 313 Å². The first-order chi connectivity index (χ1) is 24.8. The number of benzene rings is 1. The van der Waals surface area contributed by atoms with Gasteiger partial charge in [-0.1, -0.05) is 65.5 Å². The highest BCUT2D eigenvalue weighted by atomic mass is 32.2. The number of imidazole rings is 1. The van der Waals surface area contributed by atoms with Crippen molar-refractivity contribution in [1.82, 2.24) is 24.5 Å². The smallest absolute Gasteiger partial charge is 0.408 e. The molecule has 3 fully saturated rings. The summed E-state index contributed by atoms with van der Waals surface area (Å²) >= 11 is 0. The van der Waals surface area contributed by atoms with Gasteiger partial charge in [0.1, 0.15) is 17.7 Å². The predicted octanol–water partition coefficient (Wildman–Crippen LogP) is 5.64. The molecule has 5 atom stereocenters. The lowest BCUT2D eigenvalue weighted by molar-refractivity contribution is -0.142. The van der Waals surface area contributed by atoms with Gasteiger partial charge < -0.3 is 19.7 Å². The number of carbonyl (C=O) groups excluding carboxylic acids is 4. The second kappa shape index (κ2) is 14.2. The van der Waals surface area contributed by atoms with Crippen LogP contribution in [0.4, 0.5) is 4.79 Å². The number of fused-ring (bicyclic) bond motifs is 5. The minimum atomic E-state index is -3.97. The topological polar surface area (TPSA) is 166 Å². The molecule has 4 aliphatic rings. The Morgan fingerprint density at radius 2 is 1.75 bits per heavy atom. The van der Waals surface area contributed by atoms with Crippen molar-refractivity contribution in [3.05, 3.63) is 24.3 Å². The van der Waals surface area contributed by atoms with Crippen LogP contribution in [0.15, 0.2) is 24.3 Å². The number of nitrogens with one attached hydrogen (secondary N) is 2. The summed E-state index contributed by atoms with van der Waals surface area (Å²) in [5, 5.41) is 2.76. The third kappa shape index (κ3) is 8.07. The van der Waals surface area contributed by atoms with E-state index < -0.39 is 67.3 Å². The fraction of sp³-hybridized carbons (Fsp3) is 0.718. The van der Waals surface area contributed by atoms with Gasteiger partial charge in [-0.05, 0) is 76.3 Å². The monoisotopic (exact) mass is 755 g/mol. The van der Waals surface area contributed by atoms with E-state index in [1.54, 1.807) is 20.8 Å². The summed E-state index contributed by atoms with van der Waals surface area (Å²) in [6, 6.07) is 6.14. The zero-order chi connectivity index (χ0) is 38.6. The first kappa shape index (κ1) is 39.0. The number of hydrogen-bond donors (Lipinski definition) is 2. The fourth-order valence-electron chi connectivity index (χ4n) is 8.29. The number of likely N-dealkylation sites (tertiary alicyclic amines) is 1. The summed E-state index contributed by atoms with van der Waals surface area (Å²) in [5.74, 6) is -1.61. The van der Waals surface area contributed by atoms with E-state index in [1.807, 2.05) is 56.5 Å². The normalized spacial score (nSPS) is 28.2. The number of amides is 3. The van der Waals surface area contributed by atoms with E-state index in [-0.39, 0.29) is 31.1 Å². The largest absolute Gasteiger partial charge is 0.459 e. The Hall–Kier alpha value is -3.68. The van der Waals surface area contributed by atoms with Crippen molar-refractivity contribution < 1.29 is 37.1 Å². The van der Waals surface area contributed by atoms with Gasteiger partial charge in [-0.2, -0.15) is 4.98 Å². The zero-order valence-electron chi connectivity index (χ0n) is 32.3. The number of sulfonamides is 1. The second-order valence-corrected chi connectivity index (χ2v) is 19.9. The Morgan fingerprint density at radius 3 is 2.40 bits per heavy atom. The van der Waals surface area contributed by atoms with Crippen LogP contribution in [-0.2, 0) is 35.7 Å². The number of ether oxygens (including phenoxy) is 2. The zero-order valence-corrected chi connectivity index (χ0v) is 33.1. The summed E-state index contributed by atoms with van der Waals surface area (Å²) in [7, 11) is -3.97. The van der Waals surface area contributed by atoms with Crippen molar-refractivity contribution in [3.8, 4) is 6.01 Å². The molecule has 13 nitrogen and oxygen atoms in total. The molecule has 2 N–H and O–H groups in total. The fourth-order valence-corrected chi connectivity index (χ4v) is 10.0. The predicted molar refractivity (Wildman–Crippen MR) is 199 cm³/mol. The molecule has 2 saturated carbocycles. The Bertz CT molecular complexity index is 1860. The van der Waals surface area contributed by atoms with E-state index >= 15 is 0 Å². The van der Waals surface area contributed by atoms with Crippen molar-refractivity contribution >= 4 is 44.7 Å². The van der Waals surface area contributed by atoms with E-state index in [1.165, 1.54) is 4.90 Å². The molecule has 2 aromatic rings. The van der Waals surface area contributed by atoms with Crippen molar-refractivity contribution in [1.29, 1.82) is 0 Å². The van der Waals surface area contributed by atoms with Crippen LogP contribution in [0, 0.1) is 16.7 Å². The molecule has 292 valence electrons. The maximum absolute atomic E-state index is 14.6. The van der Waals surface area contributed by atoms with Crippen LogP contribution >= 0.6 is 0 Å². The number of Topliss-reactive ketones (excluding diaryl/α,β-unsaturated/α-hetero) is 1. The molecule has 0 radical (unpaired) electrons. The SMILES string of the molecule is CC[C@@H]1C[C@@]12CC(=O)[C@@H]1C[C@H](CN1C(=O)[C@@H](NC(=O)OC(C)(C)C)C(C)(C)C)Oc1nc3ccccc3n1CCCCCCC1(CC1)S(=O)(=O)NC2=O. The molecule has 2 aliphatic heterocycles. The van der Waals surface area contributed by atoms with Gasteiger partial charge in [-0.15, -0.1) is 0 Å². The molecule has 14 heteroatoms. The van der Waals surface area contributed by atoms with E-state index in [2.05, 4.69) is 10.0 Å². The van der Waals surface area contributed by atoms with E-state index in [0.717, 1.165) is 36.7 Å². The minimum absolute atomic E-state index is 0.0499. The molecule has 3 heterocycles. The molecule has 2 spiro atoms. The van der Waals surface area contributed by atoms with E-state index in [0.29, 0.717) is 44.7 Å². The minimum Gasteiger partial charge on any atom is -0.459 e. The summed E-state index contributed by atoms with van der Waals surface area (Å²) < 4.78 is 43.1. The van der Waals surface area contributed by atoms with Gasteiger partial charge in [0.05, 0.1) is 33.8 Å². The number of rotatable bonds is 3. The summed E-state index contributed by atoms with van der Waals surface area (Å²) in [5.41, 5.74) is -1.07.